The molecule has 1 aliphatic rings. The topological polar surface area (TPSA) is 352 Å². The van der Waals surface area contributed by atoms with Crippen LogP contribution in [-0.4, -0.2) is 207 Å². The fourth-order valence-electron chi connectivity index (χ4n) is 13.1. The Balaban J connectivity index is 1.03. The average molecular weight is 1570 g/mol. The second kappa shape index (κ2) is 50.5. The Morgan fingerprint density at radius 2 is 1.41 bits per heavy atom. The van der Waals surface area contributed by atoms with Crippen LogP contribution in [0.5, 0.6) is 0 Å². The largest absolute Gasteiger partial charge is 0.481 e. The van der Waals surface area contributed by atoms with Crippen LogP contribution in [0, 0.1) is 17.3 Å². The number of aliphatic carboxylic acids is 2. The number of anilines is 2. The van der Waals surface area contributed by atoms with E-state index in [1.165, 1.54) is 11.3 Å². The number of carboxylic acids is 2. The Kier molecular flexibility index (Phi) is 42.3. The van der Waals surface area contributed by atoms with Gasteiger partial charge >= 0.3 is 11.9 Å². The fourth-order valence-corrected chi connectivity index (χ4v) is 14.0. The van der Waals surface area contributed by atoms with E-state index in [0.29, 0.717) is 48.8 Å². The van der Waals surface area contributed by atoms with E-state index in [1.807, 2.05) is 75.2 Å². The first-order valence-corrected chi connectivity index (χ1v) is 40.4. The van der Waals surface area contributed by atoms with E-state index in [2.05, 4.69) is 77.1 Å². The number of ether oxygens (including phenoxy) is 5. The van der Waals surface area contributed by atoms with Gasteiger partial charge in [0.25, 0.3) is 5.91 Å². The monoisotopic (exact) mass is 1560 g/mol. The lowest BCUT2D eigenvalue weighted by Crippen LogP contribution is -2.59. The predicted octanol–water partition coefficient (Wildman–Crippen LogP) is 10.1. The van der Waals surface area contributed by atoms with Gasteiger partial charge in [-0.15, -0.1) is 11.3 Å². The zero-order chi connectivity index (χ0) is 81.3. The van der Waals surface area contributed by atoms with Crippen LogP contribution in [-0.2, 0) is 86.2 Å². The van der Waals surface area contributed by atoms with Crippen LogP contribution in [0.2, 0.25) is 0 Å². The second-order valence-electron chi connectivity index (χ2n) is 29.2. The number of piperidine rings is 1. The third kappa shape index (κ3) is 33.0. The van der Waals surface area contributed by atoms with Crippen molar-refractivity contribution in [2.75, 3.05) is 103 Å². The van der Waals surface area contributed by atoms with Crippen molar-refractivity contribution in [2.45, 2.75) is 214 Å². The van der Waals surface area contributed by atoms with Crippen LogP contribution >= 0.6 is 11.3 Å². The lowest BCUT2D eigenvalue weighted by molar-refractivity contribution is -0.147. The Morgan fingerprint density at radius 3 is 2.04 bits per heavy atom. The van der Waals surface area contributed by atoms with E-state index < -0.39 is 78.2 Å². The van der Waals surface area contributed by atoms with Crippen LogP contribution < -0.4 is 36.8 Å². The van der Waals surface area contributed by atoms with Gasteiger partial charge in [-0.1, -0.05) is 141 Å². The van der Waals surface area contributed by atoms with Gasteiger partial charge in [0, 0.05) is 75.0 Å². The number of carboxylic acid groups (broad SMARTS) is 2. The van der Waals surface area contributed by atoms with Gasteiger partial charge in [-0.3, -0.25) is 52.8 Å². The average Bonchev–Trinajstić information content (AvgIpc) is 1.54. The molecule has 111 heavy (non-hydrogen) atoms. The summed E-state index contributed by atoms with van der Waals surface area (Å²) < 4.78 is 28.6. The van der Waals surface area contributed by atoms with E-state index in [9.17, 15) is 53.4 Å². The molecule has 1 saturated heterocycles. The molecule has 8 N–H and O–H groups in total. The molecule has 0 spiro atoms. The number of hydrogen-bond acceptors (Lipinski definition) is 18. The number of unbranched alkanes of at least 4 members (excludes halogenated alkanes) is 3. The molecule has 0 bridgehead atoms. The molecule has 7 atom stereocenters. The van der Waals surface area contributed by atoms with E-state index >= 15 is 4.79 Å². The SMILES string of the molecule is C=Cc1ccccc1N(Cc1ccccc1CC)C(=O)CCC(=O)NCCOCCOCCOCCOCCC(=O)N[C@@H](CCC(=O)O)C(=O)NCC(=O)Nc1ccc(C[C@@H](CC(C)(C)C(=O)O)NC(=O)c2csc([C@@H](C[C@H](C(C)C)N(CCCCCC)C(=O)[C@@H](NC(=O)[C@H]3CCCCN3C)[C@@H](C)CC)OCC)n2)cc1. The maximum Gasteiger partial charge on any atom is 0.309 e. The van der Waals surface area contributed by atoms with Crippen molar-refractivity contribution in [1.29, 1.82) is 0 Å². The summed E-state index contributed by atoms with van der Waals surface area (Å²) in [6.45, 7) is 24.8. The van der Waals surface area contributed by atoms with Gasteiger partial charge in [-0.25, -0.2) is 4.98 Å². The smallest absolute Gasteiger partial charge is 0.309 e. The molecule has 1 aromatic heterocycles. The summed E-state index contributed by atoms with van der Waals surface area (Å²) >= 11 is 1.27. The molecule has 8 amide bonds. The Hall–Kier alpha value is -8.51. The van der Waals surface area contributed by atoms with Gasteiger partial charge in [0.1, 0.15) is 28.9 Å². The minimum atomic E-state index is -1.27. The number of rotatable bonds is 55. The van der Waals surface area contributed by atoms with E-state index in [4.69, 9.17) is 28.7 Å². The van der Waals surface area contributed by atoms with Crippen molar-refractivity contribution in [2.24, 2.45) is 17.3 Å². The second-order valence-corrected chi connectivity index (χ2v) is 30.1. The number of likely N-dealkylation sites (N-methyl/N-ethyl adjacent to an activating group) is 1. The number of carbonyl (C=O) groups is 10. The van der Waals surface area contributed by atoms with Gasteiger partial charge in [-0.2, -0.15) is 0 Å². The Morgan fingerprint density at radius 1 is 0.739 bits per heavy atom. The molecule has 3 aromatic carbocycles. The number of thiazole rings is 1. The molecule has 2 heterocycles. The minimum absolute atomic E-state index is 0.0164. The summed E-state index contributed by atoms with van der Waals surface area (Å²) in [4.78, 5) is 144. The van der Waals surface area contributed by atoms with Crippen molar-refractivity contribution in [1.82, 2.24) is 41.4 Å². The molecule has 1 aliphatic heterocycles. The van der Waals surface area contributed by atoms with Crippen LogP contribution in [0.15, 0.2) is 84.8 Å². The van der Waals surface area contributed by atoms with Crippen molar-refractivity contribution in [3.63, 3.8) is 0 Å². The summed E-state index contributed by atoms with van der Waals surface area (Å²) in [7, 11) is 1.96. The predicted molar refractivity (Wildman–Crippen MR) is 429 cm³/mol. The van der Waals surface area contributed by atoms with E-state index in [-0.39, 0.29) is 151 Å². The first-order valence-electron chi connectivity index (χ1n) is 39.5. The molecule has 614 valence electrons. The van der Waals surface area contributed by atoms with Crippen LogP contribution in [0.25, 0.3) is 6.08 Å². The molecular formula is C83H124N10O17S. The lowest BCUT2D eigenvalue weighted by Gasteiger charge is -2.40. The Labute approximate surface area is 660 Å². The number of hydrogen-bond donors (Lipinski definition) is 8. The zero-order valence-electron chi connectivity index (χ0n) is 67.0. The van der Waals surface area contributed by atoms with E-state index in [0.717, 1.165) is 80.3 Å². The lowest BCUT2D eigenvalue weighted by atomic mass is 9.84. The molecular weight excluding hydrogens is 1440 g/mol. The number of carbonyl (C=O) groups excluding carboxylic acids is 8. The van der Waals surface area contributed by atoms with Gasteiger partial charge in [0.05, 0.1) is 83.1 Å². The standard InChI is InChI=1S/C83H124N10O17S/c1-12-17-18-24-42-92(81(103)76(58(8)13-2)90-79(102)68-30-23-25-41-91(68)11)69(57(6)7)52-70(110-16-5)80-89-66(56-111-80)78(101)87-64(53-83(9,10)82(104)105)51-59-31-33-63(34-32-59)86-73(96)54-85-77(100)65(35-38-75(98)99)88-72(95)39-43-106-45-47-108-49-50-109-48-46-107-44-40-84-71(94)36-37-74(97)93(67-29-22-21-27-61(67)15-4)55-62-28-20-19-26-60(62)14-3/h15,19-22,26-29,31-34,56-58,64-65,68-70,76H,4,12-14,16-18,23-25,30,35-55H2,1-3,5-11H3,(H,84,94)(H,85,100)(H,86,96)(H,87,101)(H,88,95)(H,90,102)(H,98,99)(H,104,105)/t58-,64-,65-,68+,69+,70+,76-/m0/s1. The number of amides is 8. The highest BCUT2D eigenvalue weighted by Crippen LogP contribution is 2.33. The van der Waals surface area contributed by atoms with Gasteiger partial charge in [-0.05, 0) is 132 Å². The summed E-state index contributed by atoms with van der Waals surface area (Å²) in [5, 5.41) is 38.6. The van der Waals surface area contributed by atoms with Crippen molar-refractivity contribution >= 4 is 88.0 Å². The molecule has 1 fully saturated rings. The minimum Gasteiger partial charge on any atom is -0.481 e. The number of aromatic nitrogens is 1. The number of nitrogens with one attached hydrogen (secondary N) is 6. The summed E-state index contributed by atoms with van der Waals surface area (Å²) in [6, 6.07) is 18.9. The normalized spacial score (nSPS) is 14.7. The van der Waals surface area contributed by atoms with Gasteiger partial charge in [0.2, 0.25) is 41.4 Å². The maximum atomic E-state index is 15.1. The molecule has 0 aliphatic carbocycles. The zero-order valence-corrected chi connectivity index (χ0v) is 67.9. The third-order valence-electron chi connectivity index (χ3n) is 19.8. The highest BCUT2D eigenvalue weighted by molar-refractivity contribution is 7.09. The number of para-hydroxylation sites is 1. The number of benzene rings is 3. The molecule has 28 heteroatoms. The Bertz CT molecular complexity index is 3570. The van der Waals surface area contributed by atoms with Crippen molar-refractivity contribution in [3.8, 4) is 0 Å². The highest BCUT2D eigenvalue weighted by Gasteiger charge is 2.39. The molecule has 5 rings (SSSR count). The van der Waals surface area contributed by atoms with E-state index in [1.54, 1.807) is 54.5 Å². The van der Waals surface area contributed by atoms with Crippen molar-refractivity contribution in [3.05, 3.63) is 118 Å². The third-order valence-corrected chi connectivity index (χ3v) is 20.8. The first-order chi connectivity index (χ1) is 53.2. The number of aryl methyl sites for hydroxylation is 1. The summed E-state index contributed by atoms with van der Waals surface area (Å²) in [5.74, 6) is -5.58. The summed E-state index contributed by atoms with van der Waals surface area (Å²) in [6.07, 6.45) is 8.93. The quantitative estimate of drug-likeness (QED) is 0.0190. The van der Waals surface area contributed by atoms with Crippen molar-refractivity contribution < 1.29 is 81.8 Å². The van der Waals surface area contributed by atoms with Gasteiger partial charge < -0.3 is 75.6 Å². The molecule has 27 nitrogen and oxygen atoms in total. The molecule has 4 aromatic rings. The van der Waals surface area contributed by atoms with Gasteiger partial charge in [0.15, 0.2) is 0 Å². The number of likely N-dealkylation sites (tertiary alicyclic amines) is 1. The number of nitrogens with zero attached hydrogens (tertiary/aromatic N) is 4. The fraction of sp³-hybridized carbons (Fsp3) is 0.602. The van der Waals surface area contributed by atoms with Crippen LogP contribution in [0.4, 0.5) is 11.4 Å². The van der Waals surface area contributed by atoms with Crippen LogP contribution in [0.3, 0.4) is 0 Å². The molecule has 0 unspecified atom stereocenters. The maximum absolute atomic E-state index is 15.1. The first kappa shape index (κ1) is 93.1. The summed E-state index contributed by atoms with van der Waals surface area (Å²) in [5.41, 5.74) is 3.65. The van der Waals surface area contributed by atoms with Crippen LogP contribution in [0.1, 0.15) is 202 Å². The highest BCUT2D eigenvalue weighted by atomic mass is 32.1. The molecule has 0 radical (unpaired) electrons. The molecule has 0 saturated carbocycles.